The van der Waals surface area contributed by atoms with Gasteiger partial charge in [0.15, 0.2) is 0 Å². The highest BCUT2D eigenvalue weighted by molar-refractivity contribution is 8.00. The van der Waals surface area contributed by atoms with Gasteiger partial charge in [0.05, 0.1) is 16.2 Å². The molecule has 0 bridgehead atoms. The molecule has 0 unspecified atom stereocenters. The molecule has 0 aliphatic heterocycles. The summed E-state index contributed by atoms with van der Waals surface area (Å²) in [5.41, 5.74) is 1.78. The molecule has 28 heavy (non-hydrogen) atoms. The average molecular weight is 417 g/mol. The quantitative estimate of drug-likeness (QED) is 0.450. The maximum Gasteiger partial charge on any atom is 0.238 e. The van der Waals surface area contributed by atoms with Crippen molar-refractivity contribution >= 4 is 38.6 Å². The molecule has 1 aromatic heterocycles. The number of para-hydroxylation sites is 1. The van der Waals surface area contributed by atoms with Crippen LogP contribution in [0.15, 0.2) is 58.5 Å². The SMILES string of the molecule is Cc1nc(SCC(=O)NCCc2ccc(S(N)(=O)=O)cc2)c2ccccc2n1. The Morgan fingerprint density at radius 3 is 2.54 bits per heavy atom. The van der Waals surface area contributed by atoms with Crippen LogP contribution in [0.5, 0.6) is 0 Å². The second kappa shape index (κ2) is 8.68. The van der Waals surface area contributed by atoms with Crippen LogP contribution in [0.1, 0.15) is 11.4 Å². The van der Waals surface area contributed by atoms with E-state index in [-0.39, 0.29) is 16.6 Å². The van der Waals surface area contributed by atoms with Gasteiger partial charge in [-0.15, -0.1) is 0 Å². The van der Waals surface area contributed by atoms with Crippen LogP contribution in [0.4, 0.5) is 0 Å². The highest BCUT2D eigenvalue weighted by atomic mass is 32.2. The molecule has 0 aliphatic rings. The molecule has 0 radical (unpaired) electrons. The van der Waals surface area contributed by atoms with Crippen molar-refractivity contribution in [2.75, 3.05) is 12.3 Å². The fourth-order valence-corrected chi connectivity index (χ4v) is 4.06. The van der Waals surface area contributed by atoms with Gasteiger partial charge >= 0.3 is 0 Å². The Morgan fingerprint density at radius 1 is 1.11 bits per heavy atom. The minimum absolute atomic E-state index is 0.0732. The molecular weight excluding hydrogens is 396 g/mol. The number of primary sulfonamides is 1. The van der Waals surface area contributed by atoms with E-state index >= 15 is 0 Å². The summed E-state index contributed by atoms with van der Waals surface area (Å²) >= 11 is 1.38. The van der Waals surface area contributed by atoms with E-state index in [4.69, 9.17) is 5.14 Å². The number of thioether (sulfide) groups is 1. The van der Waals surface area contributed by atoms with Crippen LogP contribution >= 0.6 is 11.8 Å². The number of carbonyl (C=O) groups excluding carboxylic acids is 1. The van der Waals surface area contributed by atoms with Crippen LogP contribution in [0.3, 0.4) is 0 Å². The zero-order valence-electron chi connectivity index (χ0n) is 15.3. The molecule has 0 atom stereocenters. The number of nitrogens with one attached hydrogen (secondary N) is 1. The number of rotatable bonds is 7. The van der Waals surface area contributed by atoms with Crippen LogP contribution in [0, 0.1) is 6.92 Å². The number of sulfonamides is 1. The first kappa shape index (κ1) is 20.2. The molecule has 0 saturated heterocycles. The van der Waals surface area contributed by atoms with Crippen molar-refractivity contribution in [3.63, 3.8) is 0 Å². The summed E-state index contributed by atoms with van der Waals surface area (Å²) in [6.07, 6.45) is 0.594. The van der Waals surface area contributed by atoms with Gasteiger partial charge in [-0.05, 0) is 37.1 Å². The number of nitrogens with zero attached hydrogens (tertiary/aromatic N) is 2. The topological polar surface area (TPSA) is 115 Å². The van der Waals surface area contributed by atoms with Crippen LogP contribution in [0.2, 0.25) is 0 Å². The lowest BCUT2D eigenvalue weighted by molar-refractivity contribution is -0.118. The van der Waals surface area contributed by atoms with E-state index in [0.717, 1.165) is 21.5 Å². The van der Waals surface area contributed by atoms with Crippen molar-refractivity contribution in [2.24, 2.45) is 5.14 Å². The highest BCUT2D eigenvalue weighted by Gasteiger charge is 2.10. The predicted octanol–water partition coefficient (Wildman–Crippen LogP) is 2.04. The first-order valence-corrected chi connectivity index (χ1v) is 11.1. The zero-order valence-corrected chi connectivity index (χ0v) is 16.9. The van der Waals surface area contributed by atoms with E-state index in [2.05, 4.69) is 15.3 Å². The van der Waals surface area contributed by atoms with Crippen molar-refractivity contribution in [3.8, 4) is 0 Å². The average Bonchev–Trinajstić information content (AvgIpc) is 2.65. The molecule has 0 spiro atoms. The molecule has 7 nitrogen and oxygen atoms in total. The number of nitrogens with two attached hydrogens (primary N) is 1. The third kappa shape index (κ3) is 5.28. The number of aryl methyl sites for hydroxylation is 1. The summed E-state index contributed by atoms with van der Waals surface area (Å²) in [5.74, 6) is 0.834. The van der Waals surface area contributed by atoms with Gasteiger partial charge in [0.25, 0.3) is 0 Å². The standard InChI is InChI=1S/C19H20N4O3S2/c1-13-22-17-5-3-2-4-16(17)19(23-13)27-12-18(24)21-11-10-14-6-8-15(9-7-14)28(20,25)26/h2-9H,10-12H2,1H3,(H,21,24)(H2,20,25,26). The monoisotopic (exact) mass is 416 g/mol. The molecule has 0 fully saturated rings. The minimum Gasteiger partial charge on any atom is -0.355 e. The Balaban J connectivity index is 1.52. The van der Waals surface area contributed by atoms with Gasteiger partial charge in [-0.3, -0.25) is 4.79 Å². The van der Waals surface area contributed by atoms with Crippen LogP contribution in [-0.4, -0.2) is 36.6 Å². The molecule has 3 N–H and O–H groups in total. The minimum atomic E-state index is -3.69. The van der Waals surface area contributed by atoms with Gasteiger partial charge in [0.2, 0.25) is 15.9 Å². The summed E-state index contributed by atoms with van der Waals surface area (Å²) in [5, 5.41) is 9.66. The lowest BCUT2D eigenvalue weighted by Crippen LogP contribution is -2.27. The zero-order chi connectivity index (χ0) is 20.1. The molecule has 3 rings (SSSR count). The Labute approximate surface area is 167 Å². The third-order valence-corrected chi connectivity index (χ3v) is 5.93. The van der Waals surface area contributed by atoms with Crippen molar-refractivity contribution in [2.45, 2.75) is 23.3 Å². The smallest absolute Gasteiger partial charge is 0.238 e. The Kier molecular flexibility index (Phi) is 6.28. The van der Waals surface area contributed by atoms with Crippen LogP contribution in [-0.2, 0) is 21.2 Å². The summed E-state index contributed by atoms with van der Waals surface area (Å²) in [6, 6.07) is 14.0. The lowest BCUT2D eigenvalue weighted by atomic mass is 10.1. The highest BCUT2D eigenvalue weighted by Crippen LogP contribution is 2.24. The van der Waals surface area contributed by atoms with E-state index < -0.39 is 10.0 Å². The van der Waals surface area contributed by atoms with Crippen LogP contribution < -0.4 is 10.5 Å². The number of fused-ring (bicyclic) bond motifs is 1. The van der Waals surface area contributed by atoms with Gasteiger partial charge in [-0.1, -0.05) is 42.1 Å². The molecule has 146 valence electrons. The molecule has 9 heteroatoms. The van der Waals surface area contributed by atoms with Crippen molar-refractivity contribution in [3.05, 3.63) is 59.9 Å². The number of hydrogen-bond acceptors (Lipinski definition) is 6. The summed E-state index contributed by atoms with van der Waals surface area (Å²) in [6.45, 7) is 2.29. The first-order chi connectivity index (χ1) is 13.3. The number of benzene rings is 2. The fraction of sp³-hybridized carbons (Fsp3) is 0.211. The Hall–Kier alpha value is -2.49. The lowest BCUT2D eigenvalue weighted by Gasteiger charge is -2.08. The predicted molar refractivity (Wildman–Crippen MR) is 110 cm³/mol. The number of amides is 1. The fourth-order valence-electron chi connectivity index (χ4n) is 2.65. The normalized spacial score (nSPS) is 11.5. The summed E-state index contributed by atoms with van der Waals surface area (Å²) in [7, 11) is -3.69. The van der Waals surface area contributed by atoms with E-state index in [0.29, 0.717) is 18.8 Å². The van der Waals surface area contributed by atoms with Crippen molar-refractivity contribution in [1.29, 1.82) is 0 Å². The molecule has 3 aromatic rings. The van der Waals surface area contributed by atoms with Crippen LogP contribution in [0.25, 0.3) is 10.9 Å². The number of hydrogen-bond donors (Lipinski definition) is 2. The second-order valence-electron chi connectivity index (χ2n) is 6.17. The van der Waals surface area contributed by atoms with Gasteiger partial charge in [-0.25, -0.2) is 23.5 Å². The largest absolute Gasteiger partial charge is 0.355 e. The molecule has 1 amide bonds. The van der Waals surface area contributed by atoms with E-state index in [1.807, 2.05) is 31.2 Å². The maximum absolute atomic E-state index is 12.1. The first-order valence-electron chi connectivity index (χ1n) is 8.57. The Morgan fingerprint density at radius 2 is 1.82 bits per heavy atom. The van der Waals surface area contributed by atoms with Gasteiger partial charge < -0.3 is 5.32 Å². The van der Waals surface area contributed by atoms with Crippen molar-refractivity contribution in [1.82, 2.24) is 15.3 Å². The molecule has 1 heterocycles. The van der Waals surface area contributed by atoms with Gasteiger partial charge in [0.1, 0.15) is 10.9 Å². The van der Waals surface area contributed by atoms with Gasteiger partial charge in [0, 0.05) is 11.9 Å². The molecular formula is C19H20N4O3S2. The Bertz CT molecular complexity index is 1100. The number of aromatic nitrogens is 2. The summed E-state index contributed by atoms with van der Waals surface area (Å²) < 4.78 is 22.5. The second-order valence-corrected chi connectivity index (χ2v) is 8.70. The summed E-state index contributed by atoms with van der Waals surface area (Å²) in [4.78, 5) is 21.1. The van der Waals surface area contributed by atoms with E-state index in [1.54, 1.807) is 12.1 Å². The van der Waals surface area contributed by atoms with E-state index in [1.165, 1.54) is 23.9 Å². The third-order valence-electron chi connectivity index (χ3n) is 4.01. The molecule has 0 aliphatic carbocycles. The van der Waals surface area contributed by atoms with E-state index in [9.17, 15) is 13.2 Å². The van der Waals surface area contributed by atoms with Gasteiger partial charge in [-0.2, -0.15) is 0 Å². The number of carbonyl (C=O) groups is 1. The molecule has 0 saturated carbocycles. The molecule has 2 aromatic carbocycles. The maximum atomic E-state index is 12.1. The van der Waals surface area contributed by atoms with Crippen molar-refractivity contribution < 1.29 is 13.2 Å².